The van der Waals surface area contributed by atoms with Crippen LogP contribution in [0.15, 0.2) is 60.7 Å². The number of benzene rings is 3. The molecule has 0 unspecified atom stereocenters. The highest BCUT2D eigenvalue weighted by molar-refractivity contribution is 6.31. The van der Waals surface area contributed by atoms with Gasteiger partial charge >= 0.3 is 5.97 Å². The summed E-state index contributed by atoms with van der Waals surface area (Å²) < 4.78 is 45.3. The van der Waals surface area contributed by atoms with Gasteiger partial charge in [0.2, 0.25) is 0 Å². The molecule has 3 aromatic rings. The summed E-state index contributed by atoms with van der Waals surface area (Å²) in [6.07, 6.45) is 0. The first-order chi connectivity index (χ1) is 16.6. The maximum absolute atomic E-state index is 15.4. The summed E-state index contributed by atoms with van der Waals surface area (Å²) in [6, 6.07) is 13.2. The average Bonchev–Trinajstić information content (AvgIpc) is 3.06. The maximum Gasteiger partial charge on any atom is 0.321 e. The van der Waals surface area contributed by atoms with Crippen LogP contribution in [-0.2, 0) is 16.8 Å². The summed E-state index contributed by atoms with van der Waals surface area (Å²) in [6.45, 7) is 1.35. The summed E-state index contributed by atoms with van der Waals surface area (Å²) in [4.78, 5) is 14.1. The van der Waals surface area contributed by atoms with Crippen LogP contribution >= 0.6 is 23.2 Å². The Hall–Kier alpha value is -3.05. The largest absolute Gasteiger partial charge is 0.480 e. The Morgan fingerprint density at radius 1 is 1.09 bits per heavy atom. The molecule has 0 aliphatic carbocycles. The van der Waals surface area contributed by atoms with Gasteiger partial charge in [0, 0.05) is 34.7 Å². The molecule has 0 bridgehead atoms. The van der Waals surface area contributed by atoms with Crippen molar-refractivity contribution in [2.45, 2.75) is 36.9 Å². The van der Waals surface area contributed by atoms with Crippen molar-refractivity contribution in [2.75, 3.05) is 0 Å². The predicted molar refractivity (Wildman–Crippen MR) is 126 cm³/mol. The second kappa shape index (κ2) is 9.54. The molecule has 4 atom stereocenters. The second-order valence-corrected chi connectivity index (χ2v) is 9.29. The first-order valence-corrected chi connectivity index (χ1v) is 11.4. The zero-order valence-electron chi connectivity index (χ0n) is 18.4. The molecule has 0 amide bonds. The van der Waals surface area contributed by atoms with E-state index < -0.39 is 46.8 Å². The van der Waals surface area contributed by atoms with Crippen molar-refractivity contribution in [3.8, 4) is 6.07 Å². The molecule has 0 aromatic heterocycles. The first-order valence-electron chi connectivity index (χ1n) is 10.7. The Kier molecular flexibility index (Phi) is 6.83. The molecule has 4 rings (SSSR count). The molecule has 9 heteroatoms. The molecule has 1 fully saturated rings. The Morgan fingerprint density at radius 3 is 2.43 bits per heavy atom. The van der Waals surface area contributed by atoms with Crippen LogP contribution in [0.2, 0.25) is 10.0 Å². The van der Waals surface area contributed by atoms with Gasteiger partial charge in [-0.1, -0.05) is 59.6 Å². The van der Waals surface area contributed by atoms with E-state index in [0.29, 0.717) is 0 Å². The van der Waals surface area contributed by atoms with E-state index in [1.165, 1.54) is 53.4 Å². The Morgan fingerprint density at radius 2 is 1.80 bits per heavy atom. The summed E-state index contributed by atoms with van der Waals surface area (Å²) in [7, 11) is 0. The van der Waals surface area contributed by atoms with E-state index in [-0.39, 0.29) is 33.3 Å². The Balaban J connectivity index is 2.03. The third kappa shape index (κ3) is 4.06. The summed E-state index contributed by atoms with van der Waals surface area (Å²) in [5, 5.41) is 20.7. The SMILES string of the molecule is C[C@@H]1N(Cc2ccccc2F)[C@@H](C(=O)O)[C@H](c2cccc(Cl)c2F)[C@@]1(C#N)c1ccc(Cl)cc1F. The van der Waals surface area contributed by atoms with Gasteiger partial charge in [-0.3, -0.25) is 9.69 Å². The van der Waals surface area contributed by atoms with E-state index in [1.54, 1.807) is 13.0 Å². The molecule has 0 radical (unpaired) electrons. The van der Waals surface area contributed by atoms with E-state index in [2.05, 4.69) is 6.07 Å². The van der Waals surface area contributed by atoms with Crippen molar-refractivity contribution in [1.29, 1.82) is 5.26 Å². The van der Waals surface area contributed by atoms with Crippen molar-refractivity contribution in [3.63, 3.8) is 0 Å². The normalized spacial score (nSPS) is 24.3. The number of aliphatic carboxylic acids is 1. The molecule has 0 spiro atoms. The lowest BCUT2D eigenvalue weighted by Crippen LogP contribution is -2.42. The Bertz CT molecular complexity index is 1350. The lowest BCUT2D eigenvalue weighted by Gasteiger charge is -2.34. The zero-order chi connectivity index (χ0) is 25.5. The van der Waals surface area contributed by atoms with Gasteiger partial charge in [0.15, 0.2) is 0 Å². The van der Waals surface area contributed by atoms with Gasteiger partial charge in [0.1, 0.15) is 28.9 Å². The third-order valence-corrected chi connectivity index (χ3v) is 7.29. The molecule has 3 aromatic carbocycles. The molecule has 1 aliphatic heterocycles. The number of carbonyl (C=O) groups is 1. The molecule has 1 N–H and O–H groups in total. The van der Waals surface area contributed by atoms with Gasteiger partial charge in [-0.2, -0.15) is 5.26 Å². The number of halogens is 5. The minimum atomic E-state index is -1.88. The second-order valence-electron chi connectivity index (χ2n) is 8.45. The van der Waals surface area contributed by atoms with Gasteiger partial charge < -0.3 is 5.11 Å². The van der Waals surface area contributed by atoms with Crippen LogP contribution in [0.25, 0.3) is 0 Å². The number of rotatable bonds is 5. The smallest absolute Gasteiger partial charge is 0.321 e. The lowest BCUT2D eigenvalue weighted by atomic mass is 9.65. The van der Waals surface area contributed by atoms with Gasteiger partial charge in [-0.25, -0.2) is 13.2 Å². The van der Waals surface area contributed by atoms with E-state index in [9.17, 15) is 19.6 Å². The van der Waals surface area contributed by atoms with Gasteiger partial charge in [-0.05, 0) is 36.8 Å². The molecule has 35 heavy (non-hydrogen) atoms. The summed E-state index contributed by atoms with van der Waals surface area (Å²) >= 11 is 12.0. The van der Waals surface area contributed by atoms with Crippen molar-refractivity contribution in [1.82, 2.24) is 4.90 Å². The fourth-order valence-corrected chi connectivity index (χ4v) is 5.50. The quantitative estimate of drug-likeness (QED) is 0.429. The number of likely N-dealkylation sites (tertiary alicyclic amines) is 1. The van der Waals surface area contributed by atoms with E-state index in [1.807, 2.05) is 0 Å². The van der Waals surface area contributed by atoms with E-state index in [4.69, 9.17) is 23.2 Å². The van der Waals surface area contributed by atoms with Crippen molar-refractivity contribution in [2.24, 2.45) is 0 Å². The van der Waals surface area contributed by atoms with Crippen molar-refractivity contribution in [3.05, 3.63) is 105 Å². The molecule has 1 saturated heterocycles. The standard InChI is InChI=1S/C26H19Cl2F3N2O2/c1-14-26(13-32,18-10-9-16(27)11-21(18)30)22(17-6-4-7-19(28)23(17)31)24(25(34)35)33(14)12-15-5-2-3-8-20(15)29/h2-11,14,22,24H,12H2,1H3,(H,34,35)/t14-,22-,24+,26+/m0/s1. The highest BCUT2D eigenvalue weighted by atomic mass is 35.5. The predicted octanol–water partition coefficient (Wildman–Crippen LogP) is 6.31. The van der Waals surface area contributed by atoms with Crippen LogP contribution in [0.4, 0.5) is 13.2 Å². The fraction of sp³-hybridized carbons (Fsp3) is 0.231. The number of nitrogens with zero attached hydrogens (tertiary/aromatic N) is 2. The monoisotopic (exact) mass is 518 g/mol. The lowest BCUT2D eigenvalue weighted by molar-refractivity contribution is -0.143. The number of carboxylic acids is 1. The molecule has 4 nitrogen and oxygen atoms in total. The number of carboxylic acid groups (broad SMARTS) is 1. The van der Waals surface area contributed by atoms with Gasteiger partial charge in [0.05, 0.1) is 11.1 Å². The summed E-state index contributed by atoms with van der Waals surface area (Å²) in [5.74, 6) is -5.07. The van der Waals surface area contributed by atoms with Crippen LogP contribution in [0.5, 0.6) is 0 Å². The maximum atomic E-state index is 15.4. The highest BCUT2D eigenvalue weighted by Gasteiger charge is 2.63. The highest BCUT2D eigenvalue weighted by Crippen LogP contribution is 2.54. The molecular weight excluding hydrogens is 500 g/mol. The first kappa shape index (κ1) is 25.1. The van der Waals surface area contributed by atoms with Crippen LogP contribution in [-0.4, -0.2) is 28.1 Å². The topological polar surface area (TPSA) is 64.3 Å². The minimum Gasteiger partial charge on any atom is -0.480 e. The van der Waals surface area contributed by atoms with Crippen molar-refractivity contribution < 1.29 is 23.1 Å². The average molecular weight is 519 g/mol. The number of hydrogen-bond acceptors (Lipinski definition) is 3. The molecule has 0 saturated carbocycles. The van der Waals surface area contributed by atoms with E-state index in [0.717, 1.165) is 6.07 Å². The summed E-state index contributed by atoms with van der Waals surface area (Å²) in [5.41, 5.74) is -1.98. The van der Waals surface area contributed by atoms with Gasteiger partial charge in [0.25, 0.3) is 0 Å². The van der Waals surface area contributed by atoms with Gasteiger partial charge in [-0.15, -0.1) is 0 Å². The number of hydrogen-bond donors (Lipinski definition) is 1. The van der Waals surface area contributed by atoms with Crippen LogP contribution in [0.3, 0.4) is 0 Å². The number of nitriles is 1. The van der Waals surface area contributed by atoms with Crippen LogP contribution in [0, 0.1) is 28.8 Å². The van der Waals surface area contributed by atoms with E-state index >= 15 is 8.78 Å². The molecule has 1 aliphatic rings. The molecule has 1 heterocycles. The van der Waals surface area contributed by atoms with Crippen molar-refractivity contribution >= 4 is 29.2 Å². The minimum absolute atomic E-state index is 0.0773. The molecular formula is C26H19Cl2F3N2O2. The van der Waals surface area contributed by atoms with Crippen LogP contribution in [0.1, 0.15) is 29.5 Å². The fourth-order valence-electron chi connectivity index (χ4n) is 5.16. The van der Waals surface area contributed by atoms with Crippen LogP contribution < -0.4 is 0 Å². The Labute approximate surface area is 210 Å². The molecule has 180 valence electrons. The zero-order valence-corrected chi connectivity index (χ0v) is 19.9. The third-order valence-electron chi connectivity index (χ3n) is 6.76.